The van der Waals surface area contributed by atoms with E-state index < -0.39 is 10.8 Å². The lowest BCUT2D eigenvalue weighted by molar-refractivity contribution is -0.385. The Morgan fingerprint density at radius 1 is 1.44 bits per heavy atom. The average molecular weight is 252 g/mol. The van der Waals surface area contributed by atoms with Crippen LogP contribution in [0.3, 0.4) is 0 Å². The van der Waals surface area contributed by atoms with Crippen molar-refractivity contribution >= 4 is 11.6 Å². The molecule has 2 N–H and O–H groups in total. The molecule has 2 rings (SSSR count). The fraction of sp³-hybridized carbons (Fsp3) is 0.636. The number of primary amides is 1. The van der Waals surface area contributed by atoms with Crippen LogP contribution in [0.1, 0.15) is 54.3 Å². The number of hydrogen-bond acceptors (Lipinski definition) is 4. The van der Waals surface area contributed by atoms with Crippen molar-refractivity contribution in [3.8, 4) is 0 Å². The Morgan fingerprint density at radius 2 is 2.06 bits per heavy atom. The standard InChI is InChI=1S/C11H16N4O3/c1-7-9(15(17)18)10(11(12)16)14(13-7)8-5-3-2-4-6-8/h8H,2-6H2,1H3,(H2,12,16). The van der Waals surface area contributed by atoms with Crippen LogP contribution < -0.4 is 5.73 Å². The fourth-order valence-corrected chi connectivity index (χ4v) is 2.58. The molecular weight excluding hydrogens is 236 g/mol. The van der Waals surface area contributed by atoms with Crippen molar-refractivity contribution in [3.63, 3.8) is 0 Å². The second-order valence-corrected chi connectivity index (χ2v) is 4.64. The van der Waals surface area contributed by atoms with Crippen molar-refractivity contribution in [2.24, 2.45) is 5.73 Å². The second-order valence-electron chi connectivity index (χ2n) is 4.64. The Kier molecular flexibility index (Phi) is 3.31. The summed E-state index contributed by atoms with van der Waals surface area (Å²) in [5.74, 6) is -0.784. The largest absolute Gasteiger partial charge is 0.364 e. The van der Waals surface area contributed by atoms with Gasteiger partial charge in [0.2, 0.25) is 5.69 Å². The van der Waals surface area contributed by atoms with E-state index >= 15 is 0 Å². The summed E-state index contributed by atoms with van der Waals surface area (Å²) in [6.45, 7) is 1.53. The number of aromatic nitrogens is 2. The highest BCUT2D eigenvalue weighted by Crippen LogP contribution is 2.32. The Bertz CT molecular complexity index is 489. The predicted molar refractivity (Wildman–Crippen MR) is 64.3 cm³/mol. The molecule has 98 valence electrons. The Labute approximate surface area is 104 Å². The van der Waals surface area contributed by atoms with Crippen LogP contribution in [-0.4, -0.2) is 20.6 Å². The third-order valence-corrected chi connectivity index (χ3v) is 3.39. The number of nitro groups is 1. The lowest BCUT2D eigenvalue weighted by Crippen LogP contribution is -2.23. The first kappa shape index (κ1) is 12.5. The first-order valence-electron chi connectivity index (χ1n) is 6.05. The van der Waals surface area contributed by atoms with Gasteiger partial charge < -0.3 is 5.73 Å². The molecule has 0 aliphatic heterocycles. The van der Waals surface area contributed by atoms with Gasteiger partial charge in [-0.15, -0.1) is 0 Å². The van der Waals surface area contributed by atoms with Crippen LogP contribution in [0.2, 0.25) is 0 Å². The van der Waals surface area contributed by atoms with Crippen molar-refractivity contribution in [3.05, 3.63) is 21.5 Å². The number of hydrogen-bond donors (Lipinski definition) is 1. The van der Waals surface area contributed by atoms with Crippen LogP contribution in [0.15, 0.2) is 0 Å². The maximum absolute atomic E-state index is 11.5. The van der Waals surface area contributed by atoms with E-state index in [4.69, 9.17) is 5.73 Å². The Morgan fingerprint density at radius 3 is 2.56 bits per heavy atom. The van der Waals surface area contributed by atoms with Crippen LogP contribution in [0.4, 0.5) is 5.69 Å². The molecule has 0 aromatic carbocycles. The molecule has 1 fully saturated rings. The number of amides is 1. The Hall–Kier alpha value is -1.92. The Balaban J connectivity index is 2.49. The normalized spacial score (nSPS) is 16.7. The quantitative estimate of drug-likeness (QED) is 0.653. The number of nitrogens with two attached hydrogens (primary N) is 1. The van der Waals surface area contributed by atoms with Gasteiger partial charge in [-0.05, 0) is 19.8 Å². The van der Waals surface area contributed by atoms with Crippen LogP contribution in [0, 0.1) is 17.0 Å². The van der Waals surface area contributed by atoms with Gasteiger partial charge in [0.1, 0.15) is 5.69 Å². The summed E-state index contributed by atoms with van der Waals surface area (Å²) in [5, 5.41) is 15.1. The molecule has 7 heteroatoms. The number of carbonyl (C=O) groups is 1. The van der Waals surface area contributed by atoms with E-state index in [2.05, 4.69) is 5.10 Å². The zero-order chi connectivity index (χ0) is 13.3. The summed E-state index contributed by atoms with van der Waals surface area (Å²) in [6, 6.07) is 0.0497. The number of rotatable bonds is 3. The van der Waals surface area contributed by atoms with Gasteiger partial charge in [0, 0.05) is 0 Å². The summed E-state index contributed by atoms with van der Waals surface area (Å²) < 4.78 is 1.47. The van der Waals surface area contributed by atoms with Crippen molar-refractivity contribution in [1.29, 1.82) is 0 Å². The zero-order valence-electron chi connectivity index (χ0n) is 10.3. The molecule has 1 aromatic heterocycles. The molecule has 0 bridgehead atoms. The molecular formula is C11H16N4O3. The molecule has 0 spiro atoms. The molecule has 18 heavy (non-hydrogen) atoms. The van der Waals surface area contributed by atoms with Gasteiger partial charge >= 0.3 is 5.69 Å². The molecule has 0 atom stereocenters. The summed E-state index contributed by atoms with van der Waals surface area (Å²) >= 11 is 0. The second kappa shape index (κ2) is 4.75. The summed E-state index contributed by atoms with van der Waals surface area (Å²) in [7, 11) is 0. The van der Waals surface area contributed by atoms with Gasteiger partial charge in [0.15, 0.2) is 0 Å². The molecule has 1 amide bonds. The lowest BCUT2D eigenvalue weighted by atomic mass is 9.95. The van der Waals surface area contributed by atoms with Gasteiger partial charge in [-0.1, -0.05) is 19.3 Å². The van der Waals surface area contributed by atoms with E-state index in [1.807, 2.05) is 0 Å². The topological polar surface area (TPSA) is 104 Å². The number of carbonyl (C=O) groups excluding carboxylic acids is 1. The van der Waals surface area contributed by atoms with Gasteiger partial charge in [0.25, 0.3) is 5.91 Å². The summed E-state index contributed by atoms with van der Waals surface area (Å²) in [5.41, 5.74) is 5.20. The van der Waals surface area contributed by atoms with E-state index in [-0.39, 0.29) is 23.1 Å². The zero-order valence-corrected chi connectivity index (χ0v) is 10.3. The summed E-state index contributed by atoms with van der Waals surface area (Å²) in [6.07, 6.45) is 5.03. The minimum atomic E-state index is -0.784. The van der Waals surface area contributed by atoms with Crippen LogP contribution in [0.5, 0.6) is 0 Å². The van der Waals surface area contributed by atoms with Crippen molar-refractivity contribution < 1.29 is 9.72 Å². The first-order chi connectivity index (χ1) is 8.52. The molecule has 1 aromatic rings. The predicted octanol–water partition coefficient (Wildman–Crippen LogP) is 1.70. The molecule has 1 saturated carbocycles. The van der Waals surface area contributed by atoms with E-state index in [0.29, 0.717) is 0 Å². The molecule has 1 heterocycles. The van der Waals surface area contributed by atoms with Crippen LogP contribution in [0.25, 0.3) is 0 Å². The minimum Gasteiger partial charge on any atom is -0.364 e. The highest BCUT2D eigenvalue weighted by atomic mass is 16.6. The third kappa shape index (κ3) is 2.07. The van der Waals surface area contributed by atoms with E-state index in [0.717, 1.165) is 32.1 Å². The minimum absolute atomic E-state index is 0.0497. The maximum Gasteiger partial charge on any atom is 0.322 e. The highest BCUT2D eigenvalue weighted by Gasteiger charge is 2.32. The lowest BCUT2D eigenvalue weighted by Gasteiger charge is -2.22. The average Bonchev–Trinajstić information content (AvgIpc) is 2.68. The number of nitrogens with zero attached hydrogens (tertiary/aromatic N) is 3. The monoisotopic (exact) mass is 252 g/mol. The number of aryl methyl sites for hydroxylation is 1. The van der Waals surface area contributed by atoms with Gasteiger partial charge in [-0.2, -0.15) is 5.10 Å². The molecule has 0 unspecified atom stereocenters. The van der Waals surface area contributed by atoms with E-state index in [1.165, 1.54) is 11.6 Å². The van der Waals surface area contributed by atoms with Crippen molar-refractivity contribution in [2.75, 3.05) is 0 Å². The van der Waals surface area contributed by atoms with Crippen molar-refractivity contribution in [1.82, 2.24) is 9.78 Å². The smallest absolute Gasteiger partial charge is 0.322 e. The summed E-state index contributed by atoms with van der Waals surface area (Å²) in [4.78, 5) is 21.9. The van der Waals surface area contributed by atoms with E-state index in [1.54, 1.807) is 0 Å². The molecule has 7 nitrogen and oxygen atoms in total. The van der Waals surface area contributed by atoms with Crippen molar-refractivity contribution in [2.45, 2.75) is 45.1 Å². The fourth-order valence-electron chi connectivity index (χ4n) is 2.58. The molecule has 1 aliphatic rings. The first-order valence-corrected chi connectivity index (χ1v) is 6.05. The third-order valence-electron chi connectivity index (χ3n) is 3.39. The molecule has 0 saturated heterocycles. The SMILES string of the molecule is Cc1nn(C2CCCCC2)c(C(N)=O)c1[N+](=O)[O-]. The van der Waals surface area contributed by atoms with Gasteiger partial charge in [-0.25, -0.2) is 0 Å². The highest BCUT2D eigenvalue weighted by molar-refractivity contribution is 5.95. The van der Waals surface area contributed by atoms with Gasteiger partial charge in [0.05, 0.1) is 11.0 Å². The van der Waals surface area contributed by atoms with Gasteiger partial charge in [-0.3, -0.25) is 19.6 Å². The van der Waals surface area contributed by atoms with Crippen LogP contribution >= 0.6 is 0 Å². The maximum atomic E-state index is 11.5. The van der Waals surface area contributed by atoms with E-state index in [9.17, 15) is 14.9 Å². The molecule has 1 aliphatic carbocycles. The van der Waals surface area contributed by atoms with Crippen LogP contribution in [-0.2, 0) is 0 Å². The molecule has 0 radical (unpaired) electrons.